The monoisotopic (exact) mass is 391 g/mol. The van der Waals surface area contributed by atoms with Crippen molar-refractivity contribution in [3.63, 3.8) is 0 Å². The Kier molecular flexibility index (Phi) is 6.54. The van der Waals surface area contributed by atoms with Gasteiger partial charge in [0.2, 0.25) is 10.0 Å². The highest BCUT2D eigenvalue weighted by molar-refractivity contribution is 7.89. The second-order valence-electron chi connectivity index (χ2n) is 5.78. The molecule has 8 nitrogen and oxygen atoms in total. The van der Waals surface area contributed by atoms with E-state index in [4.69, 9.17) is 4.74 Å². The molecule has 1 amide bonds. The standard InChI is InChI=1S/C18H21N3O5S/c1-13-9-16(7-8-17(13)26-3)27(24,25)21(2)12-18(23)20-19-11-14-5-4-6-15(22)10-14/h4-11,22H,12H2,1-3H3,(H,20,23). The molecule has 27 heavy (non-hydrogen) atoms. The summed E-state index contributed by atoms with van der Waals surface area (Å²) >= 11 is 0. The number of aromatic hydroxyl groups is 1. The maximum absolute atomic E-state index is 12.6. The van der Waals surface area contributed by atoms with E-state index in [1.165, 1.54) is 44.6 Å². The number of phenols is 1. The first-order valence-corrected chi connectivity index (χ1v) is 9.40. The minimum absolute atomic E-state index is 0.0689. The van der Waals surface area contributed by atoms with Gasteiger partial charge in [-0.15, -0.1) is 0 Å². The molecule has 0 bridgehead atoms. The average molecular weight is 391 g/mol. The van der Waals surface area contributed by atoms with Crippen LogP contribution in [0.15, 0.2) is 52.5 Å². The number of carbonyl (C=O) groups is 1. The topological polar surface area (TPSA) is 108 Å². The molecule has 0 radical (unpaired) electrons. The number of carbonyl (C=O) groups excluding carboxylic acids is 1. The Hall–Kier alpha value is -2.91. The van der Waals surface area contributed by atoms with Crippen molar-refractivity contribution < 1.29 is 23.1 Å². The normalized spacial score (nSPS) is 11.7. The van der Waals surface area contributed by atoms with Gasteiger partial charge in [-0.1, -0.05) is 12.1 Å². The second-order valence-corrected chi connectivity index (χ2v) is 7.83. The van der Waals surface area contributed by atoms with E-state index in [9.17, 15) is 18.3 Å². The van der Waals surface area contributed by atoms with Gasteiger partial charge in [0.25, 0.3) is 5.91 Å². The molecule has 0 atom stereocenters. The van der Waals surface area contributed by atoms with Gasteiger partial charge in [0.1, 0.15) is 11.5 Å². The first-order valence-electron chi connectivity index (χ1n) is 7.96. The Morgan fingerprint density at radius 2 is 2.04 bits per heavy atom. The van der Waals surface area contributed by atoms with Gasteiger partial charge in [-0.3, -0.25) is 4.79 Å². The number of nitrogens with one attached hydrogen (secondary N) is 1. The van der Waals surface area contributed by atoms with Crippen molar-refractivity contribution in [1.82, 2.24) is 9.73 Å². The fraction of sp³-hybridized carbons (Fsp3) is 0.222. The highest BCUT2D eigenvalue weighted by Gasteiger charge is 2.23. The van der Waals surface area contributed by atoms with Crippen LogP contribution in [0.4, 0.5) is 0 Å². The molecule has 9 heteroatoms. The van der Waals surface area contributed by atoms with Gasteiger partial charge >= 0.3 is 0 Å². The van der Waals surface area contributed by atoms with Crippen molar-refractivity contribution in [2.75, 3.05) is 20.7 Å². The van der Waals surface area contributed by atoms with Crippen molar-refractivity contribution in [1.29, 1.82) is 0 Å². The molecule has 0 aliphatic carbocycles. The number of ether oxygens (including phenoxy) is 1. The second kappa shape index (κ2) is 8.65. The quantitative estimate of drug-likeness (QED) is 0.549. The summed E-state index contributed by atoms with van der Waals surface area (Å²) in [6.07, 6.45) is 1.35. The number of methoxy groups -OCH3 is 1. The lowest BCUT2D eigenvalue weighted by molar-refractivity contribution is -0.121. The fourth-order valence-electron chi connectivity index (χ4n) is 2.30. The molecule has 2 aromatic rings. The van der Waals surface area contributed by atoms with E-state index < -0.39 is 22.5 Å². The van der Waals surface area contributed by atoms with Gasteiger partial charge in [-0.25, -0.2) is 13.8 Å². The van der Waals surface area contributed by atoms with E-state index in [1.54, 1.807) is 25.1 Å². The van der Waals surface area contributed by atoms with E-state index >= 15 is 0 Å². The van der Waals surface area contributed by atoms with Gasteiger partial charge < -0.3 is 9.84 Å². The molecule has 0 unspecified atom stereocenters. The summed E-state index contributed by atoms with van der Waals surface area (Å²) in [5.74, 6) is 0.0595. The highest BCUT2D eigenvalue weighted by atomic mass is 32.2. The number of likely N-dealkylation sites (N-methyl/N-ethyl adjacent to an activating group) is 1. The summed E-state index contributed by atoms with van der Waals surface area (Å²) in [4.78, 5) is 12.0. The summed E-state index contributed by atoms with van der Waals surface area (Å²) in [5, 5.41) is 13.1. The van der Waals surface area contributed by atoms with Crippen LogP contribution in [-0.4, -0.2) is 50.7 Å². The average Bonchev–Trinajstić information content (AvgIpc) is 2.61. The van der Waals surface area contributed by atoms with Crippen LogP contribution >= 0.6 is 0 Å². The zero-order valence-corrected chi connectivity index (χ0v) is 16.0. The SMILES string of the molecule is COc1ccc(S(=O)(=O)N(C)CC(=O)NN=Cc2cccc(O)c2)cc1C. The lowest BCUT2D eigenvalue weighted by Crippen LogP contribution is -2.36. The van der Waals surface area contributed by atoms with Crippen LogP contribution in [0, 0.1) is 6.92 Å². The number of rotatable bonds is 7. The first kappa shape index (κ1) is 20.4. The Bertz CT molecular complexity index is 957. The summed E-state index contributed by atoms with van der Waals surface area (Å²) < 4.78 is 31.2. The molecule has 0 spiro atoms. The lowest BCUT2D eigenvalue weighted by Gasteiger charge is -2.17. The summed E-state index contributed by atoms with van der Waals surface area (Å²) in [6, 6.07) is 10.8. The summed E-state index contributed by atoms with van der Waals surface area (Å²) in [6.45, 7) is 1.34. The van der Waals surface area contributed by atoms with Crippen LogP contribution in [0.25, 0.3) is 0 Å². The molecule has 0 aliphatic rings. The van der Waals surface area contributed by atoms with Crippen molar-refractivity contribution in [2.45, 2.75) is 11.8 Å². The minimum Gasteiger partial charge on any atom is -0.508 e. The zero-order chi connectivity index (χ0) is 20.0. The third-order valence-corrected chi connectivity index (χ3v) is 5.51. The Balaban J connectivity index is 2.01. The Morgan fingerprint density at radius 3 is 2.67 bits per heavy atom. The number of sulfonamides is 1. The number of amides is 1. The molecule has 0 aromatic heterocycles. The smallest absolute Gasteiger partial charge is 0.255 e. The number of aryl methyl sites for hydroxylation is 1. The number of hydrogen-bond acceptors (Lipinski definition) is 6. The summed E-state index contributed by atoms with van der Waals surface area (Å²) in [5.41, 5.74) is 3.52. The molecule has 0 fully saturated rings. The number of benzene rings is 2. The first-order chi connectivity index (χ1) is 12.7. The van der Waals surface area contributed by atoms with Crippen molar-refractivity contribution >= 4 is 22.1 Å². The number of phenolic OH excluding ortho intramolecular Hbond substituents is 1. The molecule has 2 N–H and O–H groups in total. The summed E-state index contributed by atoms with van der Waals surface area (Å²) in [7, 11) is -1.02. The van der Waals surface area contributed by atoms with E-state index in [0.29, 0.717) is 16.9 Å². The third-order valence-electron chi connectivity index (χ3n) is 3.71. The molecule has 2 aromatic carbocycles. The Labute approximate surface area is 158 Å². The van der Waals surface area contributed by atoms with Crippen LogP contribution in [-0.2, 0) is 14.8 Å². The molecular formula is C18H21N3O5S. The van der Waals surface area contributed by atoms with E-state index in [1.807, 2.05) is 0 Å². The van der Waals surface area contributed by atoms with E-state index in [-0.39, 0.29) is 10.6 Å². The van der Waals surface area contributed by atoms with Gasteiger partial charge in [0.15, 0.2) is 0 Å². The molecule has 2 rings (SSSR count). The highest BCUT2D eigenvalue weighted by Crippen LogP contribution is 2.23. The largest absolute Gasteiger partial charge is 0.508 e. The van der Waals surface area contributed by atoms with Crippen LogP contribution in [0.5, 0.6) is 11.5 Å². The van der Waals surface area contributed by atoms with Gasteiger partial charge in [-0.2, -0.15) is 9.41 Å². The van der Waals surface area contributed by atoms with Crippen molar-refractivity contribution in [2.24, 2.45) is 5.10 Å². The zero-order valence-electron chi connectivity index (χ0n) is 15.2. The molecule has 0 saturated carbocycles. The minimum atomic E-state index is -3.83. The molecule has 0 heterocycles. The lowest BCUT2D eigenvalue weighted by atomic mass is 10.2. The third kappa shape index (κ3) is 5.28. The maximum Gasteiger partial charge on any atom is 0.255 e. The van der Waals surface area contributed by atoms with E-state index in [0.717, 1.165) is 4.31 Å². The van der Waals surface area contributed by atoms with Crippen molar-refractivity contribution in [3.05, 3.63) is 53.6 Å². The fourth-order valence-corrected chi connectivity index (χ4v) is 3.51. The molecule has 0 aliphatic heterocycles. The van der Waals surface area contributed by atoms with Crippen molar-refractivity contribution in [3.8, 4) is 11.5 Å². The van der Waals surface area contributed by atoms with Crippen LogP contribution in [0.3, 0.4) is 0 Å². The van der Waals surface area contributed by atoms with Crippen LogP contribution in [0.1, 0.15) is 11.1 Å². The number of hydrazone groups is 1. The van der Waals surface area contributed by atoms with Gasteiger partial charge in [-0.05, 0) is 48.4 Å². The molecule has 144 valence electrons. The number of hydrogen-bond donors (Lipinski definition) is 2. The predicted octanol–water partition coefficient (Wildman–Crippen LogP) is 1.48. The molecular weight excluding hydrogens is 370 g/mol. The Morgan fingerprint density at radius 1 is 1.30 bits per heavy atom. The van der Waals surface area contributed by atoms with Gasteiger partial charge in [0, 0.05) is 7.05 Å². The van der Waals surface area contributed by atoms with Gasteiger partial charge in [0.05, 0.1) is 24.8 Å². The maximum atomic E-state index is 12.6. The predicted molar refractivity (Wildman–Crippen MR) is 101 cm³/mol. The van der Waals surface area contributed by atoms with Crippen LogP contribution in [0.2, 0.25) is 0 Å². The molecule has 0 saturated heterocycles. The van der Waals surface area contributed by atoms with E-state index in [2.05, 4.69) is 10.5 Å². The van der Waals surface area contributed by atoms with Crippen LogP contribution < -0.4 is 10.2 Å². The number of nitrogens with zero attached hydrogens (tertiary/aromatic N) is 2.